The molecule has 1 atom stereocenters. The normalized spacial score (nSPS) is 18.6. The third-order valence-electron chi connectivity index (χ3n) is 3.08. The van der Waals surface area contributed by atoms with Crippen LogP contribution in [0.3, 0.4) is 0 Å². The molecule has 1 aromatic carbocycles. The zero-order chi connectivity index (χ0) is 12.8. The van der Waals surface area contributed by atoms with Gasteiger partial charge in [0.2, 0.25) is 0 Å². The Morgan fingerprint density at radius 1 is 1.33 bits per heavy atom. The molecule has 100 valence electrons. The molecule has 0 amide bonds. The smallest absolute Gasteiger partial charge is 0.124 e. The zero-order valence-corrected chi connectivity index (χ0v) is 11.5. The summed E-state index contributed by atoms with van der Waals surface area (Å²) < 4.78 is 11.0. The van der Waals surface area contributed by atoms with Crippen LogP contribution < -0.4 is 4.74 Å². The summed E-state index contributed by atoms with van der Waals surface area (Å²) in [6, 6.07) is 8.01. The van der Waals surface area contributed by atoms with Gasteiger partial charge >= 0.3 is 0 Å². The van der Waals surface area contributed by atoms with Crippen molar-refractivity contribution in [3.05, 3.63) is 29.8 Å². The van der Waals surface area contributed by atoms with Gasteiger partial charge in [-0.15, -0.1) is 11.6 Å². The molecule has 1 unspecified atom stereocenters. The molecule has 2 rings (SSSR count). The number of morpholine rings is 1. The molecule has 0 aromatic heterocycles. The maximum absolute atomic E-state index is 6.52. The highest BCUT2D eigenvalue weighted by Gasteiger charge is 2.18. The van der Waals surface area contributed by atoms with Crippen molar-refractivity contribution in [3.8, 4) is 5.75 Å². The summed E-state index contributed by atoms with van der Waals surface area (Å²) in [5.74, 6) is 0.897. The first-order chi connectivity index (χ1) is 8.81. The van der Waals surface area contributed by atoms with Crippen LogP contribution in [0.5, 0.6) is 5.75 Å². The Balaban J connectivity index is 2.00. The topological polar surface area (TPSA) is 21.7 Å². The average Bonchev–Trinajstić information content (AvgIpc) is 2.41. The van der Waals surface area contributed by atoms with E-state index in [9.17, 15) is 0 Å². The minimum absolute atomic E-state index is 0.0363. The molecule has 1 aliphatic heterocycles. The van der Waals surface area contributed by atoms with Gasteiger partial charge < -0.3 is 9.47 Å². The third-order valence-corrected chi connectivity index (χ3v) is 3.45. The molecular weight excluding hydrogens is 250 g/mol. The van der Waals surface area contributed by atoms with Gasteiger partial charge in [-0.2, -0.15) is 0 Å². The Labute approximate surface area is 114 Å². The first-order valence-corrected chi connectivity index (χ1v) is 6.90. The first-order valence-electron chi connectivity index (χ1n) is 6.47. The predicted molar refractivity (Wildman–Crippen MR) is 73.5 cm³/mol. The maximum atomic E-state index is 6.52. The first kappa shape index (κ1) is 13.7. The number of hydrogen-bond donors (Lipinski definition) is 0. The number of halogens is 1. The Kier molecular flexibility index (Phi) is 5.29. The summed E-state index contributed by atoms with van der Waals surface area (Å²) >= 11 is 6.52. The Morgan fingerprint density at radius 3 is 2.78 bits per heavy atom. The monoisotopic (exact) mass is 269 g/mol. The standard InChI is InChI=1S/C14H20ClNO2/c1-2-18-14-6-4-3-5-12(14)13(15)11-16-7-9-17-10-8-16/h3-6,13H,2,7-11H2,1H3. The fourth-order valence-electron chi connectivity index (χ4n) is 2.14. The largest absolute Gasteiger partial charge is 0.494 e. The highest BCUT2D eigenvalue weighted by atomic mass is 35.5. The summed E-state index contributed by atoms with van der Waals surface area (Å²) in [4.78, 5) is 2.34. The van der Waals surface area contributed by atoms with Crippen molar-refractivity contribution >= 4 is 11.6 Å². The van der Waals surface area contributed by atoms with E-state index in [0.717, 1.165) is 44.2 Å². The van der Waals surface area contributed by atoms with E-state index in [1.165, 1.54) is 0 Å². The van der Waals surface area contributed by atoms with Gasteiger partial charge in [0, 0.05) is 25.2 Å². The van der Waals surface area contributed by atoms with Gasteiger partial charge in [-0.25, -0.2) is 0 Å². The second-order valence-corrected chi connectivity index (χ2v) is 4.88. The second-order valence-electron chi connectivity index (χ2n) is 4.35. The van der Waals surface area contributed by atoms with Crippen molar-refractivity contribution in [2.75, 3.05) is 39.5 Å². The van der Waals surface area contributed by atoms with Crippen molar-refractivity contribution in [1.82, 2.24) is 4.90 Å². The van der Waals surface area contributed by atoms with Gasteiger partial charge in [-0.1, -0.05) is 18.2 Å². The summed E-state index contributed by atoms with van der Waals surface area (Å²) in [6.07, 6.45) is 0. The lowest BCUT2D eigenvalue weighted by molar-refractivity contribution is 0.0378. The molecule has 0 saturated carbocycles. The van der Waals surface area contributed by atoms with Crippen molar-refractivity contribution in [1.29, 1.82) is 0 Å². The second kappa shape index (κ2) is 6.98. The lowest BCUT2D eigenvalue weighted by Gasteiger charge is -2.28. The quantitative estimate of drug-likeness (QED) is 0.767. The van der Waals surface area contributed by atoms with E-state index >= 15 is 0 Å². The van der Waals surface area contributed by atoms with Gasteiger partial charge in [0.15, 0.2) is 0 Å². The van der Waals surface area contributed by atoms with Crippen LogP contribution in [0, 0.1) is 0 Å². The molecular formula is C14H20ClNO2. The molecule has 1 aliphatic rings. The molecule has 3 nitrogen and oxygen atoms in total. The number of alkyl halides is 1. The maximum Gasteiger partial charge on any atom is 0.124 e. The van der Waals surface area contributed by atoms with Crippen LogP contribution in [-0.2, 0) is 4.74 Å². The molecule has 1 fully saturated rings. The minimum Gasteiger partial charge on any atom is -0.494 e. The van der Waals surface area contributed by atoms with Gasteiger partial charge in [0.05, 0.1) is 25.2 Å². The number of ether oxygens (including phenoxy) is 2. The summed E-state index contributed by atoms with van der Waals surface area (Å²) in [5.41, 5.74) is 1.08. The van der Waals surface area contributed by atoms with E-state index in [0.29, 0.717) is 6.61 Å². The molecule has 0 radical (unpaired) electrons. The molecule has 1 aromatic rings. The van der Waals surface area contributed by atoms with Gasteiger partial charge in [-0.3, -0.25) is 4.90 Å². The van der Waals surface area contributed by atoms with E-state index < -0.39 is 0 Å². The Morgan fingerprint density at radius 2 is 2.06 bits per heavy atom. The van der Waals surface area contributed by atoms with Crippen LogP contribution in [0.4, 0.5) is 0 Å². The van der Waals surface area contributed by atoms with E-state index in [-0.39, 0.29) is 5.38 Å². The molecule has 0 bridgehead atoms. The predicted octanol–water partition coefficient (Wildman–Crippen LogP) is 2.70. The molecule has 0 aliphatic carbocycles. The SMILES string of the molecule is CCOc1ccccc1C(Cl)CN1CCOCC1. The van der Waals surface area contributed by atoms with E-state index in [4.69, 9.17) is 21.1 Å². The summed E-state index contributed by atoms with van der Waals surface area (Å²) in [6.45, 7) is 7.02. The Hall–Kier alpha value is -0.770. The van der Waals surface area contributed by atoms with Crippen molar-refractivity contribution < 1.29 is 9.47 Å². The highest BCUT2D eigenvalue weighted by Crippen LogP contribution is 2.30. The van der Waals surface area contributed by atoms with E-state index in [2.05, 4.69) is 4.90 Å². The number of rotatable bonds is 5. The summed E-state index contributed by atoms with van der Waals surface area (Å²) in [5, 5.41) is -0.0363. The van der Waals surface area contributed by atoms with Crippen LogP contribution >= 0.6 is 11.6 Å². The van der Waals surface area contributed by atoms with Crippen LogP contribution in [0.1, 0.15) is 17.9 Å². The third kappa shape index (κ3) is 3.61. The fourth-order valence-corrected chi connectivity index (χ4v) is 2.51. The van der Waals surface area contributed by atoms with E-state index in [1.54, 1.807) is 0 Å². The molecule has 0 N–H and O–H groups in total. The van der Waals surface area contributed by atoms with Crippen LogP contribution in [0.25, 0.3) is 0 Å². The number of para-hydroxylation sites is 1. The lowest BCUT2D eigenvalue weighted by atomic mass is 10.1. The van der Waals surface area contributed by atoms with Crippen LogP contribution in [-0.4, -0.2) is 44.4 Å². The van der Waals surface area contributed by atoms with Crippen molar-refractivity contribution in [2.45, 2.75) is 12.3 Å². The Bertz CT molecular complexity index is 367. The highest BCUT2D eigenvalue weighted by molar-refractivity contribution is 6.21. The van der Waals surface area contributed by atoms with Gasteiger partial charge in [-0.05, 0) is 13.0 Å². The number of benzene rings is 1. The molecule has 4 heteroatoms. The number of nitrogens with zero attached hydrogens (tertiary/aromatic N) is 1. The molecule has 1 heterocycles. The molecule has 1 saturated heterocycles. The van der Waals surface area contributed by atoms with Crippen LogP contribution in [0.2, 0.25) is 0 Å². The van der Waals surface area contributed by atoms with Crippen molar-refractivity contribution in [2.24, 2.45) is 0 Å². The molecule has 0 spiro atoms. The average molecular weight is 270 g/mol. The fraction of sp³-hybridized carbons (Fsp3) is 0.571. The summed E-state index contributed by atoms with van der Waals surface area (Å²) in [7, 11) is 0. The number of hydrogen-bond acceptors (Lipinski definition) is 3. The van der Waals surface area contributed by atoms with Crippen LogP contribution in [0.15, 0.2) is 24.3 Å². The molecule has 18 heavy (non-hydrogen) atoms. The van der Waals surface area contributed by atoms with Gasteiger partial charge in [0.1, 0.15) is 5.75 Å². The zero-order valence-electron chi connectivity index (χ0n) is 10.8. The lowest BCUT2D eigenvalue weighted by Crippen LogP contribution is -2.38. The minimum atomic E-state index is -0.0363. The van der Waals surface area contributed by atoms with E-state index in [1.807, 2.05) is 31.2 Å². The van der Waals surface area contributed by atoms with Crippen molar-refractivity contribution in [3.63, 3.8) is 0 Å². The van der Waals surface area contributed by atoms with Gasteiger partial charge in [0.25, 0.3) is 0 Å².